The van der Waals surface area contributed by atoms with Gasteiger partial charge in [-0.25, -0.2) is 0 Å². The predicted molar refractivity (Wildman–Crippen MR) is 66.1 cm³/mol. The second-order valence-corrected chi connectivity index (χ2v) is 5.66. The number of carbonyl (C=O) groups excluding carboxylic acids is 1. The maximum atomic E-state index is 12.2. The van der Waals surface area contributed by atoms with E-state index in [-0.39, 0.29) is 11.9 Å². The molecule has 0 radical (unpaired) electrons. The summed E-state index contributed by atoms with van der Waals surface area (Å²) in [6.07, 6.45) is 8.23. The second kappa shape index (κ2) is 5.08. The minimum Gasteiger partial charge on any atom is -0.352 e. The Bertz CT molecular complexity index is 322. The molecule has 1 amide bonds. The van der Waals surface area contributed by atoms with Crippen LogP contribution in [0.1, 0.15) is 58.3 Å². The molecule has 17 heavy (non-hydrogen) atoms. The number of nitriles is 1. The predicted octanol–water partition coefficient (Wildman–Crippen LogP) is 2.77. The molecule has 0 bridgehead atoms. The molecule has 2 fully saturated rings. The van der Waals surface area contributed by atoms with Crippen molar-refractivity contribution in [2.75, 3.05) is 0 Å². The van der Waals surface area contributed by atoms with E-state index in [4.69, 9.17) is 0 Å². The van der Waals surface area contributed by atoms with Gasteiger partial charge in [-0.15, -0.1) is 0 Å². The second-order valence-electron chi connectivity index (χ2n) is 5.66. The Balaban J connectivity index is 1.91. The summed E-state index contributed by atoms with van der Waals surface area (Å²) in [7, 11) is 0. The first kappa shape index (κ1) is 12.4. The van der Waals surface area contributed by atoms with Crippen LogP contribution in [0.4, 0.5) is 0 Å². The fourth-order valence-corrected chi connectivity index (χ4v) is 2.78. The van der Waals surface area contributed by atoms with E-state index in [9.17, 15) is 10.1 Å². The molecule has 2 aliphatic rings. The topological polar surface area (TPSA) is 52.9 Å². The van der Waals surface area contributed by atoms with Crippen molar-refractivity contribution in [3.05, 3.63) is 0 Å². The monoisotopic (exact) mass is 234 g/mol. The molecule has 3 heteroatoms. The summed E-state index contributed by atoms with van der Waals surface area (Å²) in [5.41, 5.74) is -0.711. The van der Waals surface area contributed by atoms with E-state index in [1.807, 2.05) is 0 Å². The number of rotatable bonds is 5. The van der Waals surface area contributed by atoms with Crippen molar-refractivity contribution >= 4 is 5.91 Å². The fourth-order valence-electron chi connectivity index (χ4n) is 2.78. The van der Waals surface area contributed by atoms with Gasteiger partial charge in [-0.2, -0.15) is 5.26 Å². The van der Waals surface area contributed by atoms with Gasteiger partial charge >= 0.3 is 0 Å². The molecule has 0 aromatic carbocycles. The summed E-state index contributed by atoms with van der Waals surface area (Å²) in [4.78, 5) is 12.2. The van der Waals surface area contributed by atoms with E-state index >= 15 is 0 Å². The Morgan fingerprint density at radius 3 is 2.59 bits per heavy atom. The van der Waals surface area contributed by atoms with Crippen LogP contribution in [0.5, 0.6) is 0 Å². The highest BCUT2D eigenvalue weighted by atomic mass is 16.2. The van der Waals surface area contributed by atoms with Crippen molar-refractivity contribution in [1.82, 2.24) is 5.32 Å². The minimum absolute atomic E-state index is 0.00926. The lowest BCUT2D eigenvalue weighted by Crippen LogP contribution is -2.43. The summed E-state index contributed by atoms with van der Waals surface area (Å²) in [5, 5.41) is 12.4. The molecular formula is C14H22N2O. The maximum absolute atomic E-state index is 12.2. The van der Waals surface area contributed by atoms with Crippen LogP contribution >= 0.6 is 0 Å². The molecule has 2 saturated carbocycles. The van der Waals surface area contributed by atoms with Gasteiger partial charge in [0.1, 0.15) is 5.41 Å². The van der Waals surface area contributed by atoms with Gasteiger partial charge in [0.25, 0.3) is 0 Å². The molecular weight excluding hydrogens is 212 g/mol. The Kier molecular flexibility index (Phi) is 3.71. The first-order valence-electron chi connectivity index (χ1n) is 6.92. The third kappa shape index (κ3) is 2.80. The largest absolute Gasteiger partial charge is 0.352 e. The Morgan fingerprint density at radius 1 is 1.47 bits per heavy atom. The van der Waals surface area contributed by atoms with E-state index in [0.717, 1.165) is 44.4 Å². The Hall–Kier alpha value is -1.04. The van der Waals surface area contributed by atoms with Gasteiger partial charge in [0.2, 0.25) is 5.91 Å². The molecule has 1 N–H and O–H groups in total. The van der Waals surface area contributed by atoms with Crippen molar-refractivity contribution in [3.8, 4) is 6.07 Å². The smallest absolute Gasteiger partial charge is 0.240 e. The van der Waals surface area contributed by atoms with Crippen LogP contribution in [-0.4, -0.2) is 11.9 Å². The van der Waals surface area contributed by atoms with Gasteiger partial charge in [0.05, 0.1) is 6.07 Å². The highest BCUT2D eigenvalue weighted by Crippen LogP contribution is 2.38. The maximum Gasteiger partial charge on any atom is 0.240 e. The lowest BCUT2D eigenvalue weighted by Gasteiger charge is -2.24. The third-order valence-corrected chi connectivity index (χ3v) is 4.25. The van der Waals surface area contributed by atoms with Crippen molar-refractivity contribution in [2.24, 2.45) is 11.3 Å². The SMILES string of the molecule is CCC(CC1CC1)NC(=O)C1(C#N)CCCC1. The van der Waals surface area contributed by atoms with Crippen LogP contribution < -0.4 is 5.32 Å². The van der Waals surface area contributed by atoms with Crippen LogP contribution in [0.3, 0.4) is 0 Å². The molecule has 2 rings (SSSR count). The molecule has 0 heterocycles. The molecule has 1 unspecified atom stereocenters. The quantitative estimate of drug-likeness (QED) is 0.795. The van der Waals surface area contributed by atoms with Gasteiger partial charge in [0.15, 0.2) is 0 Å². The first-order valence-corrected chi connectivity index (χ1v) is 6.92. The Morgan fingerprint density at radius 2 is 2.12 bits per heavy atom. The van der Waals surface area contributed by atoms with E-state index in [1.165, 1.54) is 12.8 Å². The fraction of sp³-hybridized carbons (Fsp3) is 0.857. The molecule has 2 aliphatic carbocycles. The number of nitrogens with zero attached hydrogens (tertiary/aromatic N) is 1. The van der Waals surface area contributed by atoms with Gasteiger partial charge in [-0.1, -0.05) is 32.6 Å². The van der Waals surface area contributed by atoms with Crippen LogP contribution in [0, 0.1) is 22.7 Å². The lowest BCUT2D eigenvalue weighted by molar-refractivity contribution is -0.128. The highest BCUT2D eigenvalue weighted by Gasteiger charge is 2.42. The Labute approximate surface area is 104 Å². The highest BCUT2D eigenvalue weighted by molar-refractivity contribution is 5.85. The molecule has 0 aromatic rings. The summed E-state index contributed by atoms with van der Waals surface area (Å²) in [5.74, 6) is 0.812. The normalized spacial score (nSPS) is 24.0. The first-order chi connectivity index (χ1) is 8.20. The van der Waals surface area contributed by atoms with Crippen LogP contribution in [0.25, 0.3) is 0 Å². The van der Waals surface area contributed by atoms with Gasteiger partial charge < -0.3 is 5.32 Å². The van der Waals surface area contributed by atoms with Crippen molar-refractivity contribution < 1.29 is 4.79 Å². The summed E-state index contributed by atoms with van der Waals surface area (Å²) in [6, 6.07) is 2.54. The van der Waals surface area contributed by atoms with Gasteiger partial charge in [-0.05, 0) is 31.6 Å². The summed E-state index contributed by atoms with van der Waals surface area (Å²) >= 11 is 0. The van der Waals surface area contributed by atoms with Crippen molar-refractivity contribution in [3.63, 3.8) is 0 Å². The molecule has 0 aliphatic heterocycles. The van der Waals surface area contributed by atoms with Crippen LogP contribution in [0.2, 0.25) is 0 Å². The summed E-state index contributed by atoms with van der Waals surface area (Å²) in [6.45, 7) is 2.11. The lowest BCUT2D eigenvalue weighted by atomic mass is 9.86. The zero-order valence-corrected chi connectivity index (χ0v) is 10.7. The van der Waals surface area contributed by atoms with E-state index in [1.54, 1.807) is 0 Å². The zero-order valence-electron chi connectivity index (χ0n) is 10.7. The number of nitrogens with one attached hydrogen (secondary N) is 1. The number of amides is 1. The van der Waals surface area contributed by atoms with E-state index in [2.05, 4.69) is 18.3 Å². The zero-order chi connectivity index (χ0) is 12.3. The molecule has 0 spiro atoms. The van der Waals surface area contributed by atoms with Crippen molar-refractivity contribution in [2.45, 2.75) is 64.3 Å². The minimum atomic E-state index is -0.711. The molecule has 0 saturated heterocycles. The standard InChI is InChI=1S/C14H22N2O/c1-2-12(9-11-5-6-11)16-13(17)14(10-15)7-3-4-8-14/h11-12H,2-9H2,1H3,(H,16,17). The van der Waals surface area contributed by atoms with Gasteiger partial charge in [-0.3, -0.25) is 4.79 Å². The number of hydrogen-bond donors (Lipinski definition) is 1. The molecule has 3 nitrogen and oxygen atoms in total. The average molecular weight is 234 g/mol. The van der Waals surface area contributed by atoms with Crippen LogP contribution in [-0.2, 0) is 4.79 Å². The number of carbonyl (C=O) groups is 1. The summed E-state index contributed by atoms with van der Waals surface area (Å²) < 4.78 is 0. The molecule has 1 atom stereocenters. The number of hydrogen-bond acceptors (Lipinski definition) is 2. The van der Waals surface area contributed by atoms with Crippen molar-refractivity contribution in [1.29, 1.82) is 5.26 Å². The third-order valence-electron chi connectivity index (χ3n) is 4.25. The molecule has 0 aromatic heterocycles. The van der Waals surface area contributed by atoms with Gasteiger partial charge in [0, 0.05) is 6.04 Å². The van der Waals surface area contributed by atoms with E-state index in [0.29, 0.717) is 0 Å². The average Bonchev–Trinajstić information content (AvgIpc) is 3.02. The van der Waals surface area contributed by atoms with E-state index < -0.39 is 5.41 Å². The van der Waals surface area contributed by atoms with Crippen LogP contribution in [0.15, 0.2) is 0 Å². The molecule has 94 valence electrons.